The summed E-state index contributed by atoms with van der Waals surface area (Å²) in [6.45, 7) is 4.63. The van der Waals surface area contributed by atoms with Crippen LogP contribution in [0.3, 0.4) is 0 Å². The van der Waals surface area contributed by atoms with Gasteiger partial charge in [-0.05, 0) is 31.0 Å². The van der Waals surface area contributed by atoms with E-state index in [2.05, 4.69) is 12.2 Å². The van der Waals surface area contributed by atoms with E-state index in [9.17, 15) is 9.90 Å². The molecule has 0 spiro atoms. The fraction of sp³-hybridized carbons (Fsp3) is 0.533. The van der Waals surface area contributed by atoms with Gasteiger partial charge in [0, 0.05) is 19.3 Å². The van der Waals surface area contributed by atoms with E-state index in [4.69, 9.17) is 0 Å². The molecule has 1 aromatic carbocycles. The minimum absolute atomic E-state index is 0.0964. The maximum Gasteiger partial charge on any atom is 0.321 e. The highest BCUT2D eigenvalue weighted by atomic mass is 16.3. The van der Waals surface area contributed by atoms with Gasteiger partial charge >= 0.3 is 6.03 Å². The summed E-state index contributed by atoms with van der Waals surface area (Å²) in [6, 6.07) is 7.15. The molecule has 4 nitrogen and oxygen atoms in total. The zero-order chi connectivity index (χ0) is 14.3. The van der Waals surface area contributed by atoms with Crippen molar-refractivity contribution in [2.45, 2.75) is 39.2 Å². The summed E-state index contributed by atoms with van der Waals surface area (Å²) in [6.07, 6.45) is 2.83. The number of nitrogens with zero attached hydrogens (tertiary/aromatic N) is 1. The van der Waals surface area contributed by atoms with E-state index in [-0.39, 0.29) is 6.03 Å². The first kappa shape index (κ1) is 15.5. The number of carbonyl (C=O) groups excluding carboxylic acids is 1. The van der Waals surface area contributed by atoms with Crippen LogP contribution in [0.2, 0.25) is 0 Å². The predicted octanol–water partition coefficient (Wildman–Crippen LogP) is 3.39. The number of hydrogen-bond acceptors (Lipinski definition) is 2. The molecule has 0 aliphatic carbocycles. The third-order valence-corrected chi connectivity index (χ3v) is 3.09. The fourth-order valence-corrected chi connectivity index (χ4v) is 1.76. The van der Waals surface area contributed by atoms with Gasteiger partial charge in [0.25, 0.3) is 0 Å². The topological polar surface area (TPSA) is 52.6 Å². The first-order chi connectivity index (χ1) is 9.04. The van der Waals surface area contributed by atoms with Crippen LogP contribution in [-0.2, 0) is 0 Å². The molecule has 1 rings (SSSR count). The molecule has 19 heavy (non-hydrogen) atoms. The SMILES string of the molecule is CCCCCN(C)C(=O)Nc1ccc(C(C)O)cc1. The van der Waals surface area contributed by atoms with Crippen LogP contribution >= 0.6 is 0 Å². The number of benzene rings is 1. The lowest BCUT2D eigenvalue weighted by atomic mass is 10.1. The summed E-state index contributed by atoms with van der Waals surface area (Å²) in [7, 11) is 1.80. The third kappa shape index (κ3) is 5.30. The van der Waals surface area contributed by atoms with Crippen molar-refractivity contribution in [3.8, 4) is 0 Å². The van der Waals surface area contributed by atoms with E-state index in [1.807, 2.05) is 12.1 Å². The summed E-state index contributed by atoms with van der Waals surface area (Å²) in [5, 5.41) is 12.2. The minimum atomic E-state index is -0.485. The Kier molecular flexibility index (Phi) is 6.36. The Morgan fingerprint density at radius 3 is 2.47 bits per heavy atom. The van der Waals surface area contributed by atoms with Gasteiger partial charge in [0.15, 0.2) is 0 Å². The van der Waals surface area contributed by atoms with Crippen molar-refractivity contribution < 1.29 is 9.90 Å². The van der Waals surface area contributed by atoms with Crippen molar-refractivity contribution in [1.82, 2.24) is 4.90 Å². The van der Waals surface area contributed by atoms with Crippen LogP contribution in [0.15, 0.2) is 24.3 Å². The van der Waals surface area contributed by atoms with Gasteiger partial charge in [-0.1, -0.05) is 31.9 Å². The summed E-state index contributed by atoms with van der Waals surface area (Å²) in [5.41, 5.74) is 1.59. The van der Waals surface area contributed by atoms with Crippen molar-refractivity contribution >= 4 is 11.7 Å². The molecule has 0 bridgehead atoms. The molecule has 1 unspecified atom stereocenters. The van der Waals surface area contributed by atoms with Crippen molar-refractivity contribution in [3.63, 3.8) is 0 Å². The van der Waals surface area contributed by atoms with Gasteiger partial charge in [-0.25, -0.2) is 4.79 Å². The second kappa shape index (κ2) is 7.79. The van der Waals surface area contributed by atoms with E-state index in [0.717, 1.165) is 37.1 Å². The fourth-order valence-electron chi connectivity index (χ4n) is 1.76. The molecule has 0 radical (unpaired) electrons. The van der Waals surface area contributed by atoms with E-state index in [1.54, 1.807) is 31.0 Å². The molecule has 4 heteroatoms. The quantitative estimate of drug-likeness (QED) is 0.774. The van der Waals surface area contributed by atoms with Crippen LogP contribution in [0.5, 0.6) is 0 Å². The Hall–Kier alpha value is -1.55. The number of rotatable bonds is 6. The zero-order valence-corrected chi connectivity index (χ0v) is 12.0. The number of hydrogen-bond donors (Lipinski definition) is 2. The number of aliphatic hydroxyl groups is 1. The van der Waals surface area contributed by atoms with Crippen LogP contribution in [0.4, 0.5) is 10.5 Å². The molecule has 106 valence electrons. The van der Waals surface area contributed by atoms with E-state index in [1.165, 1.54) is 0 Å². The summed E-state index contributed by atoms with van der Waals surface area (Å²) in [5.74, 6) is 0. The molecule has 0 aliphatic heterocycles. The number of nitrogens with one attached hydrogen (secondary N) is 1. The first-order valence-electron chi connectivity index (χ1n) is 6.84. The maximum atomic E-state index is 11.9. The highest BCUT2D eigenvalue weighted by Gasteiger charge is 2.08. The molecule has 0 saturated heterocycles. The zero-order valence-electron chi connectivity index (χ0n) is 12.0. The largest absolute Gasteiger partial charge is 0.389 e. The second-order valence-corrected chi connectivity index (χ2v) is 4.86. The molecule has 0 aromatic heterocycles. The maximum absolute atomic E-state index is 11.9. The number of unbranched alkanes of at least 4 members (excludes halogenated alkanes) is 2. The first-order valence-corrected chi connectivity index (χ1v) is 6.84. The predicted molar refractivity (Wildman–Crippen MR) is 78.2 cm³/mol. The Balaban J connectivity index is 2.47. The van der Waals surface area contributed by atoms with Crippen LogP contribution < -0.4 is 5.32 Å². The summed E-state index contributed by atoms with van der Waals surface area (Å²) >= 11 is 0. The molecule has 2 amide bonds. The number of amides is 2. The lowest BCUT2D eigenvalue weighted by Gasteiger charge is -2.18. The number of urea groups is 1. The lowest BCUT2D eigenvalue weighted by molar-refractivity contribution is 0.199. The smallest absolute Gasteiger partial charge is 0.321 e. The van der Waals surface area contributed by atoms with Crippen LogP contribution in [0.1, 0.15) is 44.8 Å². The van der Waals surface area contributed by atoms with Gasteiger partial charge in [0.1, 0.15) is 0 Å². The molecule has 0 fully saturated rings. The van der Waals surface area contributed by atoms with Crippen LogP contribution in [-0.4, -0.2) is 29.6 Å². The summed E-state index contributed by atoms with van der Waals surface area (Å²) in [4.78, 5) is 13.6. The van der Waals surface area contributed by atoms with Gasteiger partial charge in [-0.3, -0.25) is 0 Å². The molecule has 0 saturated carbocycles. The van der Waals surface area contributed by atoms with Crippen molar-refractivity contribution in [1.29, 1.82) is 0 Å². The number of anilines is 1. The molecule has 2 N–H and O–H groups in total. The Bertz CT molecular complexity index is 388. The van der Waals surface area contributed by atoms with E-state index >= 15 is 0 Å². The number of carbonyl (C=O) groups is 1. The van der Waals surface area contributed by atoms with Crippen LogP contribution in [0, 0.1) is 0 Å². The standard InChI is InChI=1S/C15H24N2O2/c1-4-5-6-11-17(3)15(19)16-14-9-7-13(8-10-14)12(2)18/h7-10,12,18H,4-6,11H2,1-3H3,(H,16,19). The summed E-state index contributed by atoms with van der Waals surface area (Å²) < 4.78 is 0. The van der Waals surface area contributed by atoms with Gasteiger partial charge < -0.3 is 15.3 Å². The lowest BCUT2D eigenvalue weighted by Crippen LogP contribution is -2.32. The molecule has 0 heterocycles. The average Bonchev–Trinajstić information content (AvgIpc) is 2.39. The molecule has 1 atom stereocenters. The highest BCUT2D eigenvalue weighted by Crippen LogP contribution is 2.15. The monoisotopic (exact) mass is 264 g/mol. The van der Waals surface area contributed by atoms with E-state index < -0.39 is 6.10 Å². The molecular formula is C15H24N2O2. The second-order valence-electron chi connectivity index (χ2n) is 4.86. The van der Waals surface area contributed by atoms with Gasteiger partial charge in [-0.2, -0.15) is 0 Å². The number of aliphatic hydroxyl groups excluding tert-OH is 1. The van der Waals surface area contributed by atoms with Gasteiger partial charge in [-0.15, -0.1) is 0 Å². The molecule has 0 aliphatic rings. The van der Waals surface area contributed by atoms with Crippen molar-refractivity contribution in [3.05, 3.63) is 29.8 Å². The Morgan fingerprint density at radius 1 is 1.32 bits per heavy atom. The molecular weight excluding hydrogens is 240 g/mol. The Labute approximate surface area is 115 Å². The highest BCUT2D eigenvalue weighted by molar-refractivity contribution is 5.89. The van der Waals surface area contributed by atoms with Gasteiger partial charge in [0.05, 0.1) is 6.10 Å². The average molecular weight is 264 g/mol. The third-order valence-electron chi connectivity index (χ3n) is 3.09. The minimum Gasteiger partial charge on any atom is -0.389 e. The van der Waals surface area contributed by atoms with Crippen molar-refractivity contribution in [2.24, 2.45) is 0 Å². The van der Waals surface area contributed by atoms with E-state index in [0.29, 0.717) is 0 Å². The Morgan fingerprint density at radius 2 is 1.95 bits per heavy atom. The normalized spacial score (nSPS) is 12.0. The van der Waals surface area contributed by atoms with Gasteiger partial charge in [0.2, 0.25) is 0 Å². The van der Waals surface area contributed by atoms with Crippen LogP contribution in [0.25, 0.3) is 0 Å². The van der Waals surface area contributed by atoms with Crippen molar-refractivity contribution in [2.75, 3.05) is 18.9 Å². The molecule has 1 aromatic rings.